The van der Waals surface area contributed by atoms with Crippen molar-refractivity contribution in [1.29, 1.82) is 0 Å². The SMILES string of the molecule is CC(CN)N(C)c1ccc2c(c1)NC(=O)CS2. The third-order valence-corrected chi connectivity index (χ3v) is 4.08. The van der Waals surface area contributed by atoms with Gasteiger partial charge in [0.05, 0.1) is 11.4 Å². The third-order valence-electron chi connectivity index (χ3n) is 3.01. The number of nitrogens with two attached hydrogens (primary N) is 1. The number of rotatable bonds is 3. The van der Waals surface area contributed by atoms with Gasteiger partial charge in [0, 0.05) is 30.2 Å². The van der Waals surface area contributed by atoms with Gasteiger partial charge >= 0.3 is 0 Å². The van der Waals surface area contributed by atoms with Gasteiger partial charge in [0.1, 0.15) is 0 Å². The summed E-state index contributed by atoms with van der Waals surface area (Å²) in [6, 6.07) is 6.40. The Labute approximate surface area is 106 Å². The normalized spacial score (nSPS) is 16.1. The summed E-state index contributed by atoms with van der Waals surface area (Å²) in [4.78, 5) is 14.6. The second-order valence-corrected chi connectivity index (χ2v) is 5.23. The van der Waals surface area contributed by atoms with E-state index in [4.69, 9.17) is 5.73 Å². The molecule has 4 nitrogen and oxygen atoms in total. The minimum Gasteiger partial charge on any atom is -0.371 e. The molecule has 0 aromatic heterocycles. The van der Waals surface area contributed by atoms with Crippen LogP contribution in [0.25, 0.3) is 0 Å². The maximum absolute atomic E-state index is 11.3. The molecule has 0 radical (unpaired) electrons. The van der Waals surface area contributed by atoms with E-state index in [1.165, 1.54) is 0 Å². The Morgan fingerprint density at radius 1 is 1.59 bits per heavy atom. The Bertz CT molecular complexity index is 436. The molecule has 0 saturated heterocycles. The van der Waals surface area contributed by atoms with Crippen molar-refractivity contribution < 1.29 is 4.79 Å². The van der Waals surface area contributed by atoms with Crippen molar-refractivity contribution in [2.75, 3.05) is 29.6 Å². The number of thioether (sulfide) groups is 1. The molecule has 1 aromatic carbocycles. The van der Waals surface area contributed by atoms with Crippen LogP contribution in [-0.4, -0.2) is 31.3 Å². The number of fused-ring (bicyclic) bond motifs is 1. The Kier molecular flexibility index (Phi) is 3.59. The van der Waals surface area contributed by atoms with E-state index >= 15 is 0 Å². The largest absolute Gasteiger partial charge is 0.371 e. The summed E-state index contributed by atoms with van der Waals surface area (Å²) in [6.45, 7) is 2.68. The highest BCUT2D eigenvalue weighted by Crippen LogP contribution is 2.34. The minimum absolute atomic E-state index is 0.0641. The lowest BCUT2D eigenvalue weighted by molar-refractivity contribution is -0.113. The monoisotopic (exact) mass is 251 g/mol. The Hall–Kier alpha value is -1.20. The number of carbonyl (C=O) groups excluding carboxylic acids is 1. The van der Waals surface area contributed by atoms with E-state index in [1.54, 1.807) is 11.8 Å². The third kappa shape index (κ3) is 2.56. The van der Waals surface area contributed by atoms with Crippen LogP contribution >= 0.6 is 11.8 Å². The van der Waals surface area contributed by atoms with Crippen LogP contribution in [0.5, 0.6) is 0 Å². The van der Waals surface area contributed by atoms with Gasteiger partial charge in [-0.2, -0.15) is 0 Å². The Balaban J connectivity index is 2.26. The fourth-order valence-corrected chi connectivity index (χ4v) is 2.49. The summed E-state index contributed by atoms with van der Waals surface area (Å²) in [5, 5.41) is 2.89. The predicted octanol–water partition coefficient (Wildman–Crippen LogP) is 1.51. The average Bonchev–Trinajstić information content (AvgIpc) is 2.36. The first-order chi connectivity index (χ1) is 8.11. The van der Waals surface area contributed by atoms with Crippen molar-refractivity contribution in [1.82, 2.24) is 0 Å². The van der Waals surface area contributed by atoms with Crippen LogP contribution in [0.3, 0.4) is 0 Å². The van der Waals surface area contributed by atoms with E-state index in [1.807, 2.05) is 13.1 Å². The minimum atomic E-state index is 0.0641. The molecule has 17 heavy (non-hydrogen) atoms. The first kappa shape index (κ1) is 12.3. The van der Waals surface area contributed by atoms with Crippen LogP contribution in [0, 0.1) is 0 Å². The molecule has 0 bridgehead atoms. The fraction of sp³-hybridized carbons (Fsp3) is 0.417. The molecule has 0 fully saturated rings. The van der Waals surface area contributed by atoms with Gasteiger partial charge in [-0.05, 0) is 25.1 Å². The quantitative estimate of drug-likeness (QED) is 0.855. The molecule has 5 heteroatoms. The number of amides is 1. The smallest absolute Gasteiger partial charge is 0.234 e. The summed E-state index contributed by atoms with van der Waals surface area (Å²) < 4.78 is 0. The van der Waals surface area contributed by atoms with Crippen molar-refractivity contribution in [2.24, 2.45) is 5.73 Å². The number of nitrogens with one attached hydrogen (secondary N) is 1. The van der Waals surface area contributed by atoms with Crippen LogP contribution in [-0.2, 0) is 4.79 Å². The zero-order valence-electron chi connectivity index (χ0n) is 10.1. The molecule has 1 amide bonds. The molecule has 1 unspecified atom stereocenters. The van der Waals surface area contributed by atoms with Crippen molar-refractivity contribution >= 4 is 29.0 Å². The van der Waals surface area contributed by atoms with Gasteiger partial charge in [0.15, 0.2) is 0 Å². The number of benzene rings is 1. The van der Waals surface area contributed by atoms with Gasteiger partial charge in [0.25, 0.3) is 0 Å². The molecule has 1 aliphatic heterocycles. The molecule has 92 valence electrons. The lowest BCUT2D eigenvalue weighted by Crippen LogP contribution is -2.35. The number of nitrogens with zero attached hydrogens (tertiary/aromatic N) is 1. The van der Waals surface area contributed by atoms with E-state index in [9.17, 15) is 4.79 Å². The van der Waals surface area contributed by atoms with Crippen LogP contribution in [0.1, 0.15) is 6.92 Å². The zero-order valence-corrected chi connectivity index (χ0v) is 10.9. The second kappa shape index (κ2) is 4.98. The first-order valence-corrected chi connectivity index (χ1v) is 6.60. The average molecular weight is 251 g/mol. The van der Waals surface area contributed by atoms with Crippen molar-refractivity contribution in [3.63, 3.8) is 0 Å². The van der Waals surface area contributed by atoms with Crippen LogP contribution in [0.4, 0.5) is 11.4 Å². The molecule has 2 rings (SSSR count). The van der Waals surface area contributed by atoms with E-state index in [-0.39, 0.29) is 11.9 Å². The van der Waals surface area contributed by atoms with Crippen molar-refractivity contribution in [3.8, 4) is 0 Å². The van der Waals surface area contributed by atoms with Crippen LogP contribution in [0.2, 0.25) is 0 Å². The number of hydrogen-bond acceptors (Lipinski definition) is 4. The topological polar surface area (TPSA) is 58.4 Å². The molecule has 1 aliphatic rings. The zero-order chi connectivity index (χ0) is 12.4. The standard InChI is InChI=1S/C12H17N3OS/c1-8(6-13)15(2)9-3-4-11-10(5-9)14-12(16)7-17-11/h3-5,8H,6-7,13H2,1-2H3,(H,14,16). The molecule has 0 aliphatic carbocycles. The predicted molar refractivity (Wildman–Crippen MR) is 72.7 cm³/mol. The molecule has 0 saturated carbocycles. The summed E-state index contributed by atoms with van der Waals surface area (Å²) in [5.41, 5.74) is 7.63. The molecule has 1 aromatic rings. The maximum atomic E-state index is 11.3. The van der Waals surface area contributed by atoms with Crippen molar-refractivity contribution in [3.05, 3.63) is 18.2 Å². The summed E-state index contributed by atoms with van der Waals surface area (Å²) >= 11 is 1.58. The molecular weight excluding hydrogens is 234 g/mol. The van der Waals surface area contributed by atoms with E-state index in [0.717, 1.165) is 16.3 Å². The lowest BCUT2D eigenvalue weighted by Gasteiger charge is -2.27. The van der Waals surface area contributed by atoms with Crippen LogP contribution < -0.4 is 16.0 Å². The van der Waals surface area contributed by atoms with Gasteiger partial charge in [-0.15, -0.1) is 11.8 Å². The molecule has 1 heterocycles. The number of likely N-dealkylation sites (N-methyl/N-ethyl adjacent to an activating group) is 1. The Morgan fingerprint density at radius 2 is 2.35 bits per heavy atom. The highest BCUT2D eigenvalue weighted by atomic mass is 32.2. The number of carbonyl (C=O) groups is 1. The molecule has 0 spiro atoms. The second-order valence-electron chi connectivity index (χ2n) is 4.21. The van der Waals surface area contributed by atoms with Crippen LogP contribution in [0.15, 0.2) is 23.1 Å². The number of anilines is 2. The molecule has 1 atom stereocenters. The highest BCUT2D eigenvalue weighted by Gasteiger charge is 2.17. The van der Waals surface area contributed by atoms with E-state index in [0.29, 0.717) is 12.3 Å². The van der Waals surface area contributed by atoms with Gasteiger partial charge in [0.2, 0.25) is 5.91 Å². The summed E-state index contributed by atoms with van der Waals surface area (Å²) in [7, 11) is 2.01. The highest BCUT2D eigenvalue weighted by molar-refractivity contribution is 8.00. The van der Waals surface area contributed by atoms with Gasteiger partial charge in [-0.25, -0.2) is 0 Å². The fourth-order valence-electron chi connectivity index (χ4n) is 1.70. The summed E-state index contributed by atoms with van der Waals surface area (Å²) in [6.07, 6.45) is 0. The van der Waals surface area contributed by atoms with Gasteiger partial charge in [-0.3, -0.25) is 4.79 Å². The maximum Gasteiger partial charge on any atom is 0.234 e. The Morgan fingerprint density at radius 3 is 3.06 bits per heavy atom. The van der Waals surface area contributed by atoms with E-state index in [2.05, 4.69) is 29.3 Å². The molecule has 3 N–H and O–H groups in total. The van der Waals surface area contributed by atoms with Gasteiger partial charge < -0.3 is 16.0 Å². The lowest BCUT2D eigenvalue weighted by atomic mass is 10.2. The van der Waals surface area contributed by atoms with Crippen molar-refractivity contribution in [2.45, 2.75) is 17.9 Å². The van der Waals surface area contributed by atoms with Gasteiger partial charge in [-0.1, -0.05) is 0 Å². The molecular formula is C12H17N3OS. The first-order valence-electron chi connectivity index (χ1n) is 5.61. The number of hydrogen-bond donors (Lipinski definition) is 2. The van der Waals surface area contributed by atoms with E-state index < -0.39 is 0 Å². The summed E-state index contributed by atoms with van der Waals surface area (Å²) in [5.74, 6) is 0.565.